The molecule has 94 valence electrons. The molecule has 1 heterocycles. The summed E-state index contributed by atoms with van der Waals surface area (Å²) in [5.41, 5.74) is 0. The predicted molar refractivity (Wildman–Crippen MR) is 67.7 cm³/mol. The van der Waals surface area contributed by atoms with Crippen molar-refractivity contribution in [3.05, 3.63) is 24.2 Å². The van der Waals surface area contributed by atoms with E-state index in [-0.39, 0.29) is 5.92 Å². The molecule has 0 spiro atoms. The van der Waals surface area contributed by atoms with E-state index >= 15 is 0 Å². The molecule has 17 heavy (non-hydrogen) atoms. The van der Waals surface area contributed by atoms with Gasteiger partial charge in [-0.15, -0.1) is 0 Å². The van der Waals surface area contributed by atoms with Gasteiger partial charge in [-0.05, 0) is 49.7 Å². The maximum absolute atomic E-state index is 12.1. The predicted octanol–water partition coefficient (Wildman–Crippen LogP) is 3.85. The molecule has 0 aromatic carbocycles. The van der Waals surface area contributed by atoms with Gasteiger partial charge in [0.25, 0.3) is 0 Å². The van der Waals surface area contributed by atoms with E-state index in [9.17, 15) is 4.79 Å². The summed E-state index contributed by atoms with van der Waals surface area (Å²) in [6, 6.07) is 3.73. The van der Waals surface area contributed by atoms with Gasteiger partial charge in [0.1, 0.15) is 11.5 Å². The van der Waals surface area contributed by atoms with Crippen LogP contribution in [0, 0.1) is 17.8 Å². The molecule has 0 unspecified atom stereocenters. The number of hydrogen-bond donors (Lipinski definition) is 0. The third kappa shape index (κ3) is 3.21. The fourth-order valence-electron chi connectivity index (χ4n) is 2.84. The Hall–Kier alpha value is -1.05. The van der Waals surface area contributed by atoms with Crippen LogP contribution < -0.4 is 0 Å². The lowest BCUT2D eigenvalue weighted by atomic mass is 9.75. The Morgan fingerprint density at radius 2 is 2.06 bits per heavy atom. The van der Waals surface area contributed by atoms with Crippen LogP contribution in [0.15, 0.2) is 22.8 Å². The number of carbonyl (C=O) groups excluding carboxylic acids is 1. The molecular formula is C15H22O2. The second kappa shape index (κ2) is 5.52. The van der Waals surface area contributed by atoms with Crippen molar-refractivity contribution in [1.82, 2.24) is 0 Å². The van der Waals surface area contributed by atoms with E-state index in [4.69, 9.17) is 4.42 Å². The van der Waals surface area contributed by atoms with Crippen LogP contribution in [0.4, 0.5) is 0 Å². The summed E-state index contributed by atoms with van der Waals surface area (Å²) in [7, 11) is 0. The number of ketones is 1. The first kappa shape index (κ1) is 12.4. The van der Waals surface area contributed by atoms with Gasteiger partial charge in [-0.1, -0.05) is 13.8 Å². The molecule has 0 N–H and O–H groups in total. The third-order valence-corrected chi connectivity index (χ3v) is 4.10. The van der Waals surface area contributed by atoms with Crippen LogP contribution in [0.2, 0.25) is 0 Å². The molecule has 0 aliphatic heterocycles. The second-order valence-corrected chi connectivity index (χ2v) is 5.58. The van der Waals surface area contributed by atoms with Crippen molar-refractivity contribution in [2.75, 3.05) is 0 Å². The minimum absolute atomic E-state index is 0.273. The van der Waals surface area contributed by atoms with Crippen LogP contribution in [0.25, 0.3) is 0 Å². The van der Waals surface area contributed by atoms with E-state index in [1.54, 1.807) is 6.26 Å². The molecule has 1 aliphatic rings. The Morgan fingerprint density at radius 1 is 1.35 bits per heavy atom. The monoisotopic (exact) mass is 234 g/mol. The van der Waals surface area contributed by atoms with Crippen molar-refractivity contribution in [1.29, 1.82) is 0 Å². The molecule has 0 radical (unpaired) electrons. The van der Waals surface area contributed by atoms with Crippen molar-refractivity contribution in [3.63, 3.8) is 0 Å². The van der Waals surface area contributed by atoms with Crippen molar-refractivity contribution < 1.29 is 9.21 Å². The zero-order valence-corrected chi connectivity index (χ0v) is 10.8. The number of Topliss-reactive ketones (excluding diaryl/α,β-unsaturated/α-hetero) is 1. The van der Waals surface area contributed by atoms with E-state index in [1.165, 1.54) is 12.8 Å². The van der Waals surface area contributed by atoms with Gasteiger partial charge >= 0.3 is 0 Å². The van der Waals surface area contributed by atoms with E-state index in [0.29, 0.717) is 12.2 Å². The first-order chi connectivity index (χ1) is 8.16. The highest BCUT2D eigenvalue weighted by Gasteiger charge is 2.27. The highest BCUT2D eigenvalue weighted by Crippen LogP contribution is 2.34. The molecular weight excluding hydrogens is 212 g/mol. The first-order valence-electron chi connectivity index (χ1n) is 6.72. The summed E-state index contributed by atoms with van der Waals surface area (Å²) in [5.74, 6) is 3.03. The summed E-state index contributed by atoms with van der Waals surface area (Å²) < 4.78 is 5.23. The molecule has 1 saturated carbocycles. The van der Waals surface area contributed by atoms with Gasteiger partial charge in [-0.25, -0.2) is 0 Å². The number of hydrogen-bond acceptors (Lipinski definition) is 2. The minimum Gasteiger partial charge on any atom is -0.469 e. The molecule has 1 aromatic rings. The Balaban J connectivity index is 1.82. The van der Waals surface area contributed by atoms with E-state index in [0.717, 1.165) is 30.4 Å². The van der Waals surface area contributed by atoms with E-state index < -0.39 is 0 Å². The minimum atomic E-state index is 0.273. The lowest BCUT2D eigenvalue weighted by molar-refractivity contribution is -0.123. The molecule has 0 bridgehead atoms. The number of rotatable bonds is 4. The fraction of sp³-hybridized carbons (Fsp3) is 0.667. The van der Waals surface area contributed by atoms with Crippen molar-refractivity contribution >= 4 is 5.78 Å². The topological polar surface area (TPSA) is 30.2 Å². The number of furan rings is 1. The van der Waals surface area contributed by atoms with E-state index in [2.05, 4.69) is 13.8 Å². The van der Waals surface area contributed by atoms with Crippen LogP contribution >= 0.6 is 0 Å². The lowest BCUT2D eigenvalue weighted by Gasteiger charge is -2.29. The van der Waals surface area contributed by atoms with Crippen LogP contribution in [-0.2, 0) is 11.2 Å². The average molecular weight is 234 g/mol. The summed E-state index contributed by atoms with van der Waals surface area (Å²) in [4.78, 5) is 12.1. The van der Waals surface area contributed by atoms with Gasteiger partial charge in [0.05, 0.1) is 12.7 Å². The smallest absolute Gasteiger partial charge is 0.143 e. The summed E-state index contributed by atoms with van der Waals surface area (Å²) in [6.45, 7) is 4.57. The molecule has 1 aromatic heterocycles. The summed E-state index contributed by atoms with van der Waals surface area (Å²) in [6.07, 6.45) is 6.69. The number of carbonyl (C=O) groups is 1. The highest BCUT2D eigenvalue weighted by molar-refractivity contribution is 5.82. The highest BCUT2D eigenvalue weighted by atomic mass is 16.3. The van der Waals surface area contributed by atoms with Gasteiger partial charge in [0, 0.05) is 5.92 Å². The third-order valence-electron chi connectivity index (χ3n) is 4.10. The SMILES string of the molecule is CC(C)C1CCC(C(=O)Cc2ccco2)CC1. The van der Waals surface area contributed by atoms with Crippen LogP contribution in [0.1, 0.15) is 45.3 Å². The normalized spacial score (nSPS) is 25.1. The molecule has 2 heteroatoms. The Morgan fingerprint density at radius 3 is 2.59 bits per heavy atom. The zero-order chi connectivity index (χ0) is 12.3. The largest absolute Gasteiger partial charge is 0.469 e. The molecule has 1 aliphatic carbocycles. The molecule has 0 atom stereocenters. The van der Waals surface area contributed by atoms with Crippen LogP contribution in [0.5, 0.6) is 0 Å². The van der Waals surface area contributed by atoms with Crippen molar-refractivity contribution in [2.45, 2.75) is 46.0 Å². The molecule has 0 amide bonds. The van der Waals surface area contributed by atoms with Gasteiger partial charge < -0.3 is 4.42 Å². The van der Waals surface area contributed by atoms with Crippen LogP contribution in [0.3, 0.4) is 0 Å². The standard InChI is InChI=1S/C15H22O2/c1-11(2)12-5-7-13(8-6-12)15(16)10-14-4-3-9-17-14/h3-4,9,11-13H,5-8,10H2,1-2H3. The van der Waals surface area contributed by atoms with Crippen molar-refractivity contribution in [2.24, 2.45) is 17.8 Å². The zero-order valence-electron chi connectivity index (χ0n) is 10.8. The van der Waals surface area contributed by atoms with E-state index in [1.807, 2.05) is 12.1 Å². The Bertz CT molecular complexity index is 343. The van der Waals surface area contributed by atoms with Gasteiger partial charge in [0.2, 0.25) is 0 Å². The molecule has 2 nitrogen and oxygen atoms in total. The maximum Gasteiger partial charge on any atom is 0.143 e. The van der Waals surface area contributed by atoms with Gasteiger partial charge in [-0.2, -0.15) is 0 Å². The first-order valence-corrected chi connectivity index (χ1v) is 6.72. The fourth-order valence-corrected chi connectivity index (χ4v) is 2.84. The molecule has 2 rings (SSSR count). The maximum atomic E-state index is 12.1. The Labute approximate surface area is 103 Å². The average Bonchev–Trinajstić information content (AvgIpc) is 2.82. The summed E-state index contributed by atoms with van der Waals surface area (Å²) >= 11 is 0. The second-order valence-electron chi connectivity index (χ2n) is 5.58. The Kier molecular flexibility index (Phi) is 4.03. The quantitative estimate of drug-likeness (QED) is 0.792. The summed E-state index contributed by atoms with van der Waals surface area (Å²) in [5, 5.41) is 0. The van der Waals surface area contributed by atoms with Gasteiger partial charge in [-0.3, -0.25) is 4.79 Å². The molecule has 0 saturated heterocycles. The van der Waals surface area contributed by atoms with Gasteiger partial charge in [0.15, 0.2) is 0 Å². The molecule has 1 fully saturated rings. The van der Waals surface area contributed by atoms with Crippen molar-refractivity contribution in [3.8, 4) is 0 Å². The lowest BCUT2D eigenvalue weighted by Crippen LogP contribution is -2.25. The van der Waals surface area contributed by atoms with Crippen LogP contribution in [-0.4, -0.2) is 5.78 Å².